The highest BCUT2D eigenvalue weighted by Gasteiger charge is 2.32. The van der Waals surface area contributed by atoms with Crippen molar-refractivity contribution in [3.63, 3.8) is 0 Å². The van der Waals surface area contributed by atoms with Gasteiger partial charge in [0.15, 0.2) is 5.82 Å². The van der Waals surface area contributed by atoms with Crippen molar-refractivity contribution in [2.24, 2.45) is 16.6 Å². The van der Waals surface area contributed by atoms with Gasteiger partial charge in [0.05, 0.1) is 36.4 Å². The average molecular weight is 943 g/mol. The molecule has 1 atom stereocenters. The first-order valence-electron chi connectivity index (χ1n) is 21.1. The lowest BCUT2D eigenvalue weighted by Crippen LogP contribution is -2.32. The molecule has 1 aliphatic heterocycles. The summed E-state index contributed by atoms with van der Waals surface area (Å²) in [5.74, 6) is 6.67. The van der Waals surface area contributed by atoms with Crippen LogP contribution < -0.4 is 26.5 Å². The second kappa shape index (κ2) is 21.1. The summed E-state index contributed by atoms with van der Waals surface area (Å²) in [6.07, 6.45) is 5.33. The number of fused-ring (bicyclic) bond motifs is 4. The summed E-state index contributed by atoms with van der Waals surface area (Å²) in [5.41, 5.74) is 12.2. The number of hydrogen-bond acceptors (Lipinski definition) is 12. The minimum Gasteiger partial charge on any atom is -0.480 e. The third-order valence-electron chi connectivity index (χ3n) is 10.9. The summed E-state index contributed by atoms with van der Waals surface area (Å²) in [6, 6.07) is 13.7. The normalized spacial score (nSPS) is 13.2. The van der Waals surface area contributed by atoms with E-state index in [4.69, 9.17) is 44.5 Å². The van der Waals surface area contributed by atoms with E-state index < -0.39 is 12.0 Å². The molecule has 342 valence electrons. The number of aromatic carboxylic acids is 1. The number of thiophene rings is 1. The Morgan fingerprint density at radius 2 is 1.77 bits per heavy atom. The van der Waals surface area contributed by atoms with Gasteiger partial charge < -0.3 is 30.9 Å². The molecule has 16 nitrogen and oxygen atoms in total. The Morgan fingerprint density at radius 3 is 2.48 bits per heavy atom. The van der Waals surface area contributed by atoms with E-state index in [2.05, 4.69) is 39.3 Å². The van der Waals surface area contributed by atoms with E-state index in [-0.39, 0.29) is 42.6 Å². The zero-order valence-electron chi connectivity index (χ0n) is 37.3. The lowest BCUT2D eigenvalue weighted by molar-refractivity contribution is -0.121. The molecule has 0 aliphatic carbocycles. The number of hydrogen-bond donors (Lipinski definition) is 5. The van der Waals surface area contributed by atoms with Crippen LogP contribution in [0.2, 0.25) is 10.0 Å². The van der Waals surface area contributed by atoms with Crippen LogP contribution in [0.1, 0.15) is 95.6 Å². The Labute approximate surface area is 391 Å². The number of unbranched alkanes of at least 4 members (excludes halogenated alkanes) is 2. The van der Waals surface area contributed by atoms with Crippen molar-refractivity contribution in [3.8, 4) is 22.0 Å². The highest BCUT2D eigenvalue weighted by Crippen LogP contribution is 2.41. The third-order valence-corrected chi connectivity index (χ3v) is 12.7. The predicted molar refractivity (Wildman–Crippen MR) is 257 cm³/mol. The number of aliphatic imine (C=N–C) groups is 1. The number of nitrogens with one attached hydrogen (secondary N) is 2. The molecule has 1 unspecified atom stereocenters. The molecule has 65 heavy (non-hydrogen) atoms. The third kappa shape index (κ3) is 10.7. The summed E-state index contributed by atoms with van der Waals surface area (Å²) in [5, 5.41) is 25.2. The molecule has 5 heterocycles. The van der Waals surface area contributed by atoms with Crippen LogP contribution in [0.4, 0.5) is 5.82 Å². The van der Waals surface area contributed by atoms with Gasteiger partial charge in [-0.15, -0.1) is 21.5 Å². The number of aryl methyl sites for hydroxylation is 2. The number of methoxy groups -OCH3 is 1. The molecule has 6 aromatic rings. The molecule has 7 N–H and O–H groups in total. The number of rotatable bonds is 16. The van der Waals surface area contributed by atoms with Crippen molar-refractivity contribution in [1.29, 1.82) is 0 Å². The van der Waals surface area contributed by atoms with Gasteiger partial charge in [0, 0.05) is 81.2 Å². The van der Waals surface area contributed by atoms with Crippen molar-refractivity contribution in [1.82, 2.24) is 35.1 Å². The zero-order valence-corrected chi connectivity index (χ0v) is 39.7. The number of carbonyl (C=O) groups is 3. The first kappa shape index (κ1) is 48.2. The summed E-state index contributed by atoms with van der Waals surface area (Å²) in [7, 11) is 3.11. The smallest absolute Gasteiger partial charge is 0.337 e. The lowest BCUT2D eigenvalue weighted by Gasteiger charge is -2.19. The molecular formula is C46H53Cl2N11O5S. The number of pyridine rings is 1. The van der Waals surface area contributed by atoms with E-state index in [0.29, 0.717) is 74.6 Å². The maximum Gasteiger partial charge on any atom is 0.337 e. The van der Waals surface area contributed by atoms with Crippen LogP contribution in [0, 0.1) is 20.8 Å². The molecule has 0 bridgehead atoms. The minimum absolute atomic E-state index is 0.0155. The van der Waals surface area contributed by atoms with Crippen molar-refractivity contribution in [2.45, 2.75) is 72.8 Å². The van der Waals surface area contributed by atoms with E-state index in [1.54, 1.807) is 48.8 Å². The predicted octanol–water partition coefficient (Wildman–Crippen LogP) is 8.43. The number of ether oxygens (including phenoxy) is 1. The number of nitrogens with two attached hydrogens (primary N) is 2. The Balaban J connectivity index is 0.00000345. The standard InChI is InChI=1S/C44H47Cl2N11O5S.C2H6/c1-23-24(2)63-43-39(23)40(26-10-12-27(45)13-11-26)51-35(41-54-53-25(3)57(41)43)19-37(58)50-20-28(47)22-56(48)16-8-6-7-9-38(59)55(4)36-15-14-29(42(52-36)62-5)30-17-31-32(44(60)61)21-49-34(31)18-33(30)46;1-2/h10-15,17-18,21-22,35,49H,6-9,16,19-20,47-48H2,1-5H3,(H,50,58)(H,60,61);1-2H3/b28-22-;. The number of carboxylic acid groups (broad SMARTS) is 1. The van der Waals surface area contributed by atoms with Crippen molar-refractivity contribution in [2.75, 3.05) is 32.1 Å². The maximum absolute atomic E-state index is 13.4. The van der Waals surface area contributed by atoms with E-state index in [1.165, 1.54) is 23.2 Å². The number of nitrogens with zero attached hydrogens (tertiary/aromatic N) is 7. The Morgan fingerprint density at radius 1 is 1.03 bits per heavy atom. The highest BCUT2D eigenvalue weighted by atomic mass is 35.5. The fraction of sp³-hybridized carbons (Fsp3) is 0.326. The molecule has 2 amide bonds. The zero-order chi connectivity index (χ0) is 47.1. The van der Waals surface area contributed by atoms with E-state index >= 15 is 0 Å². The van der Waals surface area contributed by atoms with E-state index in [9.17, 15) is 19.5 Å². The van der Waals surface area contributed by atoms with Crippen LogP contribution >= 0.6 is 34.5 Å². The van der Waals surface area contributed by atoms with Gasteiger partial charge in [-0.05, 0) is 75.6 Å². The quantitative estimate of drug-likeness (QED) is 0.0352. The number of carboxylic acids is 1. The molecule has 0 saturated carbocycles. The summed E-state index contributed by atoms with van der Waals surface area (Å²) in [6.45, 7) is 10.6. The van der Waals surface area contributed by atoms with Crippen LogP contribution in [0.5, 0.6) is 5.88 Å². The van der Waals surface area contributed by atoms with Crippen molar-refractivity contribution < 1.29 is 24.2 Å². The lowest BCUT2D eigenvalue weighted by atomic mass is 9.99. The second-order valence-electron chi connectivity index (χ2n) is 15.2. The Hall–Kier alpha value is -6.27. The van der Waals surface area contributed by atoms with Gasteiger partial charge in [0.25, 0.3) is 0 Å². The largest absolute Gasteiger partial charge is 0.480 e. The van der Waals surface area contributed by atoms with Gasteiger partial charge in [-0.1, -0.05) is 55.6 Å². The monoisotopic (exact) mass is 941 g/mol. The van der Waals surface area contributed by atoms with Crippen LogP contribution in [0.3, 0.4) is 0 Å². The van der Waals surface area contributed by atoms with Gasteiger partial charge in [-0.25, -0.2) is 10.6 Å². The van der Waals surface area contributed by atoms with Gasteiger partial charge >= 0.3 is 5.97 Å². The summed E-state index contributed by atoms with van der Waals surface area (Å²) in [4.78, 5) is 53.6. The molecular weight excluding hydrogens is 890 g/mol. The topological polar surface area (TPSA) is 223 Å². The summed E-state index contributed by atoms with van der Waals surface area (Å²) < 4.78 is 7.57. The first-order valence-corrected chi connectivity index (χ1v) is 22.7. The molecule has 0 saturated heterocycles. The average Bonchev–Trinajstić information content (AvgIpc) is 3.95. The second-order valence-corrected chi connectivity index (χ2v) is 17.2. The SMILES string of the molecule is CC.COc1nc(N(C)C(=O)CCCCCN(N)/C=C(\N)CNC(=O)CC2N=C(c3ccc(Cl)cc3)c3c(sc(C)c3C)-n3c(C)nnc32)ccc1-c1cc2c(C(=O)O)c[nH]c2cc1Cl. The number of carbonyl (C=O) groups excluding carboxylic acids is 2. The van der Waals surface area contributed by atoms with E-state index in [1.807, 2.05) is 49.6 Å². The molecule has 19 heteroatoms. The number of halogens is 2. The highest BCUT2D eigenvalue weighted by molar-refractivity contribution is 7.15. The number of anilines is 1. The number of benzene rings is 2. The minimum atomic E-state index is -1.07. The van der Waals surface area contributed by atoms with Crippen molar-refractivity contribution in [3.05, 3.63) is 115 Å². The molecule has 4 aromatic heterocycles. The molecule has 0 fully saturated rings. The Kier molecular flexibility index (Phi) is 15.7. The van der Waals surface area contributed by atoms with Gasteiger partial charge in [-0.3, -0.25) is 24.0 Å². The number of aromatic amines is 1. The number of aromatic nitrogens is 5. The van der Waals surface area contributed by atoms with Crippen LogP contribution in [0.25, 0.3) is 27.0 Å². The van der Waals surface area contributed by atoms with Gasteiger partial charge in [0.2, 0.25) is 17.7 Å². The first-order chi connectivity index (χ1) is 31.1. The van der Waals surface area contributed by atoms with E-state index in [0.717, 1.165) is 38.7 Å². The number of H-pyrrole nitrogens is 1. The van der Waals surface area contributed by atoms with Crippen molar-refractivity contribution >= 4 is 74.8 Å². The molecule has 0 spiro atoms. The molecule has 0 radical (unpaired) electrons. The fourth-order valence-electron chi connectivity index (χ4n) is 7.45. The van der Waals surface area contributed by atoms with Crippen LogP contribution in [-0.2, 0) is 9.59 Å². The summed E-state index contributed by atoms with van der Waals surface area (Å²) >= 11 is 14.5. The Bertz CT molecular complexity index is 2780. The number of amides is 2. The van der Waals surface area contributed by atoms with Gasteiger partial charge in [-0.2, -0.15) is 4.98 Å². The molecule has 7 rings (SSSR count). The fourth-order valence-corrected chi connectivity index (χ4v) is 9.06. The molecule has 1 aliphatic rings. The number of hydrazine groups is 1. The van der Waals surface area contributed by atoms with Crippen LogP contribution in [0.15, 0.2) is 71.6 Å². The van der Waals surface area contributed by atoms with Crippen LogP contribution in [-0.4, -0.2) is 85.6 Å². The van der Waals surface area contributed by atoms with Gasteiger partial charge in [0.1, 0.15) is 22.7 Å². The maximum atomic E-state index is 13.4. The molecule has 2 aromatic carbocycles.